The molecular formula is C20H19ClN4O2. The molecule has 1 amide bonds. The number of ether oxygens (including phenoxy) is 1. The number of benzene rings is 1. The van der Waals surface area contributed by atoms with E-state index in [1.165, 1.54) is 0 Å². The third-order valence-electron chi connectivity index (χ3n) is 4.80. The summed E-state index contributed by atoms with van der Waals surface area (Å²) in [7, 11) is 1.83. The van der Waals surface area contributed by atoms with Gasteiger partial charge in [0.1, 0.15) is 23.3 Å². The van der Waals surface area contributed by atoms with Crippen molar-refractivity contribution in [1.82, 2.24) is 14.9 Å². The van der Waals surface area contributed by atoms with Crippen LogP contribution in [-0.2, 0) is 4.79 Å². The number of hydrogen-bond acceptors (Lipinski definition) is 5. The van der Waals surface area contributed by atoms with E-state index < -0.39 is 0 Å². The third kappa shape index (κ3) is 3.80. The van der Waals surface area contributed by atoms with Gasteiger partial charge in [0.25, 0.3) is 0 Å². The number of nitrogens with zero attached hydrogens (tertiary/aromatic N) is 3. The summed E-state index contributed by atoms with van der Waals surface area (Å²) in [6.07, 6.45) is 4.86. The van der Waals surface area contributed by atoms with Gasteiger partial charge in [0.05, 0.1) is 17.9 Å². The minimum Gasteiger partial charge on any atom is -0.491 e. The molecule has 0 spiro atoms. The Morgan fingerprint density at radius 1 is 1.26 bits per heavy atom. The average Bonchev–Trinajstić information content (AvgIpc) is 3.00. The van der Waals surface area contributed by atoms with Crippen molar-refractivity contribution in [1.29, 1.82) is 0 Å². The van der Waals surface area contributed by atoms with E-state index in [0.717, 1.165) is 34.4 Å². The topological polar surface area (TPSA) is 67.3 Å². The standard InChI is InChI=1S/C20H19ClN4O2/c1-25-15(3-7-19(25)26)12-27-16-4-5-17-13(10-16)8-9-22-20(17)24-14-2-6-18(21)23-11-14/h2,4-6,8-11,15H,3,7,12H2,1H3,(H,22,24). The highest BCUT2D eigenvalue weighted by atomic mass is 35.5. The van der Waals surface area contributed by atoms with E-state index in [9.17, 15) is 4.79 Å². The molecule has 1 fully saturated rings. The lowest BCUT2D eigenvalue weighted by atomic mass is 10.1. The number of anilines is 2. The molecule has 3 heterocycles. The molecule has 138 valence electrons. The van der Waals surface area contributed by atoms with E-state index in [2.05, 4.69) is 15.3 Å². The number of rotatable bonds is 5. The van der Waals surface area contributed by atoms with E-state index >= 15 is 0 Å². The molecule has 1 aromatic carbocycles. The largest absolute Gasteiger partial charge is 0.491 e. The summed E-state index contributed by atoms with van der Waals surface area (Å²) in [6.45, 7) is 0.500. The van der Waals surface area contributed by atoms with E-state index in [0.29, 0.717) is 18.2 Å². The van der Waals surface area contributed by atoms with Crippen LogP contribution in [0.4, 0.5) is 11.5 Å². The van der Waals surface area contributed by atoms with Crippen molar-refractivity contribution in [3.63, 3.8) is 0 Å². The molecule has 1 atom stereocenters. The Morgan fingerprint density at radius 3 is 2.89 bits per heavy atom. The Hall–Kier alpha value is -2.86. The first-order valence-corrected chi connectivity index (χ1v) is 9.14. The Kier molecular flexibility index (Phi) is 4.81. The summed E-state index contributed by atoms with van der Waals surface area (Å²) in [6, 6.07) is 11.6. The summed E-state index contributed by atoms with van der Waals surface area (Å²) < 4.78 is 5.93. The van der Waals surface area contributed by atoms with E-state index in [1.807, 2.05) is 37.4 Å². The SMILES string of the molecule is CN1C(=O)CCC1COc1ccc2c(Nc3ccc(Cl)nc3)nccc2c1. The van der Waals surface area contributed by atoms with Gasteiger partial charge in [-0.15, -0.1) is 0 Å². The number of carbonyl (C=O) groups is 1. The van der Waals surface area contributed by atoms with Crippen molar-refractivity contribution in [3.05, 3.63) is 53.9 Å². The number of nitrogens with one attached hydrogen (secondary N) is 1. The van der Waals surface area contributed by atoms with Crippen molar-refractivity contribution in [2.75, 3.05) is 19.0 Å². The molecule has 0 saturated carbocycles. The summed E-state index contributed by atoms with van der Waals surface area (Å²) >= 11 is 5.83. The highest BCUT2D eigenvalue weighted by Gasteiger charge is 2.27. The molecule has 3 aromatic rings. The quantitative estimate of drug-likeness (QED) is 0.675. The van der Waals surface area contributed by atoms with Crippen molar-refractivity contribution in [3.8, 4) is 5.75 Å². The molecule has 7 heteroatoms. The monoisotopic (exact) mass is 382 g/mol. The maximum atomic E-state index is 11.6. The minimum atomic E-state index is 0.139. The summed E-state index contributed by atoms with van der Waals surface area (Å²) in [5, 5.41) is 5.71. The lowest BCUT2D eigenvalue weighted by Crippen LogP contribution is -2.33. The van der Waals surface area contributed by atoms with Crippen LogP contribution in [0.5, 0.6) is 5.75 Å². The fourth-order valence-corrected chi connectivity index (χ4v) is 3.29. The van der Waals surface area contributed by atoms with Gasteiger partial charge >= 0.3 is 0 Å². The van der Waals surface area contributed by atoms with E-state index in [-0.39, 0.29) is 11.9 Å². The predicted octanol–water partition coefficient (Wildman–Crippen LogP) is 4.03. The van der Waals surface area contributed by atoms with Gasteiger partial charge in [-0.3, -0.25) is 4.79 Å². The van der Waals surface area contributed by atoms with E-state index in [1.54, 1.807) is 23.4 Å². The van der Waals surface area contributed by atoms with Gasteiger partial charge in [-0.05, 0) is 48.2 Å². The molecule has 0 bridgehead atoms. The number of carbonyl (C=O) groups excluding carboxylic acids is 1. The van der Waals surface area contributed by atoms with Crippen LogP contribution in [0.3, 0.4) is 0 Å². The Balaban J connectivity index is 1.51. The van der Waals surface area contributed by atoms with Crippen LogP contribution in [0.1, 0.15) is 12.8 Å². The first kappa shape index (κ1) is 17.5. The first-order valence-electron chi connectivity index (χ1n) is 8.76. The van der Waals surface area contributed by atoms with Crippen LogP contribution >= 0.6 is 11.6 Å². The molecular weight excluding hydrogens is 364 g/mol. The molecule has 1 saturated heterocycles. The maximum absolute atomic E-state index is 11.6. The molecule has 1 N–H and O–H groups in total. The van der Waals surface area contributed by atoms with E-state index in [4.69, 9.17) is 16.3 Å². The molecule has 1 aliphatic rings. The number of likely N-dealkylation sites (tertiary alicyclic amines) is 1. The van der Waals surface area contributed by atoms with Crippen molar-refractivity contribution in [2.45, 2.75) is 18.9 Å². The van der Waals surface area contributed by atoms with Gasteiger partial charge < -0.3 is 15.0 Å². The molecule has 0 radical (unpaired) electrons. The number of hydrogen-bond donors (Lipinski definition) is 1. The van der Waals surface area contributed by atoms with Crippen molar-refractivity contribution in [2.24, 2.45) is 0 Å². The van der Waals surface area contributed by atoms with Gasteiger partial charge in [-0.1, -0.05) is 11.6 Å². The second-order valence-corrected chi connectivity index (χ2v) is 6.93. The van der Waals surface area contributed by atoms with Crippen LogP contribution in [0, 0.1) is 0 Å². The van der Waals surface area contributed by atoms with Crippen LogP contribution in [0.25, 0.3) is 10.8 Å². The van der Waals surface area contributed by atoms with Crippen LogP contribution in [-0.4, -0.2) is 40.5 Å². The highest BCUT2D eigenvalue weighted by molar-refractivity contribution is 6.29. The zero-order valence-corrected chi connectivity index (χ0v) is 15.6. The predicted molar refractivity (Wildman–Crippen MR) is 106 cm³/mol. The fraction of sp³-hybridized carbons (Fsp3) is 0.250. The Morgan fingerprint density at radius 2 is 2.15 bits per heavy atom. The minimum absolute atomic E-state index is 0.139. The van der Waals surface area contributed by atoms with Gasteiger partial charge in [-0.25, -0.2) is 9.97 Å². The molecule has 4 rings (SSSR count). The second-order valence-electron chi connectivity index (χ2n) is 6.55. The van der Waals surface area contributed by atoms with Crippen molar-refractivity contribution < 1.29 is 9.53 Å². The number of aromatic nitrogens is 2. The van der Waals surface area contributed by atoms with Gasteiger partial charge in [0.15, 0.2) is 0 Å². The zero-order valence-electron chi connectivity index (χ0n) is 14.9. The van der Waals surface area contributed by atoms with Crippen molar-refractivity contribution >= 4 is 39.8 Å². The summed E-state index contributed by atoms with van der Waals surface area (Å²) in [4.78, 5) is 21.9. The normalized spacial score (nSPS) is 16.7. The molecule has 1 aliphatic heterocycles. The van der Waals surface area contributed by atoms with Gasteiger partial charge in [0.2, 0.25) is 5.91 Å². The van der Waals surface area contributed by atoms with Gasteiger partial charge in [-0.2, -0.15) is 0 Å². The Bertz CT molecular complexity index is 977. The summed E-state index contributed by atoms with van der Waals surface area (Å²) in [5.41, 5.74) is 0.814. The number of fused-ring (bicyclic) bond motifs is 1. The summed E-state index contributed by atoms with van der Waals surface area (Å²) in [5.74, 6) is 1.70. The third-order valence-corrected chi connectivity index (χ3v) is 5.02. The Labute approximate surface area is 162 Å². The number of halogens is 1. The highest BCUT2D eigenvalue weighted by Crippen LogP contribution is 2.28. The van der Waals surface area contributed by atoms with Crippen LogP contribution < -0.4 is 10.1 Å². The maximum Gasteiger partial charge on any atom is 0.222 e. The van der Waals surface area contributed by atoms with Crippen LogP contribution in [0.2, 0.25) is 5.15 Å². The molecule has 0 aliphatic carbocycles. The lowest BCUT2D eigenvalue weighted by molar-refractivity contribution is -0.127. The number of amides is 1. The molecule has 2 aromatic heterocycles. The van der Waals surface area contributed by atoms with Gasteiger partial charge in [0, 0.05) is 25.1 Å². The first-order chi connectivity index (χ1) is 13.1. The number of likely N-dealkylation sites (N-methyl/N-ethyl adjacent to an activating group) is 1. The fourth-order valence-electron chi connectivity index (χ4n) is 3.18. The smallest absolute Gasteiger partial charge is 0.222 e. The molecule has 6 nitrogen and oxygen atoms in total. The van der Waals surface area contributed by atoms with Crippen LogP contribution in [0.15, 0.2) is 48.8 Å². The lowest BCUT2D eigenvalue weighted by Gasteiger charge is -2.20. The molecule has 1 unspecified atom stereocenters. The second kappa shape index (κ2) is 7.40. The zero-order chi connectivity index (χ0) is 18.8. The average molecular weight is 383 g/mol. The molecule has 27 heavy (non-hydrogen) atoms. The number of pyridine rings is 2.